The number of aromatic nitrogens is 1. The molecule has 0 atom stereocenters. The van der Waals surface area contributed by atoms with Gasteiger partial charge in [0.15, 0.2) is 0 Å². The van der Waals surface area contributed by atoms with Crippen LogP contribution in [0.25, 0.3) is 0 Å². The summed E-state index contributed by atoms with van der Waals surface area (Å²) in [6.45, 7) is 4.71. The van der Waals surface area contributed by atoms with Crippen LogP contribution >= 0.6 is 0 Å². The highest BCUT2D eigenvalue weighted by Crippen LogP contribution is 2.18. The van der Waals surface area contributed by atoms with Crippen LogP contribution in [0, 0.1) is 6.92 Å². The maximum Gasteiger partial charge on any atom is 0.340 e. The number of carbonyl (C=O) groups excluding carboxylic acids is 3. The molecule has 1 saturated heterocycles. The molecule has 0 radical (unpaired) electrons. The molecule has 0 aliphatic carbocycles. The first kappa shape index (κ1) is 19.3. The normalized spacial score (nSPS) is 13.4. The number of benzene rings is 1. The Morgan fingerprint density at radius 3 is 2.61 bits per heavy atom. The Labute approximate surface area is 163 Å². The van der Waals surface area contributed by atoms with Crippen LogP contribution in [-0.4, -0.2) is 52.6 Å². The van der Waals surface area contributed by atoms with Crippen molar-refractivity contribution in [1.29, 1.82) is 0 Å². The Bertz CT molecular complexity index is 882. The van der Waals surface area contributed by atoms with Gasteiger partial charge in [0, 0.05) is 30.7 Å². The van der Waals surface area contributed by atoms with E-state index in [9.17, 15) is 14.4 Å². The molecule has 3 rings (SSSR count). The largest absolute Gasteiger partial charge is 0.462 e. The molecule has 0 spiro atoms. The number of carbonyl (C=O) groups is 3. The van der Waals surface area contributed by atoms with E-state index in [0.717, 1.165) is 5.69 Å². The molecule has 0 saturated carbocycles. The number of hydrazine groups is 1. The van der Waals surface area contributed by atoms with Crippen LogP contribution in [0.2, 0.25) is 0 Å². The summed E-state index contributed by atoms with van der Waals surface area (Å²) >= 11 is 0. The van der Waals surface area contributed by atoms with E-state index in [0.29, 0.717) is 36.3 Å². The Morgan fingerprint density at radius 1 is 1.11 bits per heavy atom. The van der Waals surface area contributed by atoms with Gasteiger partial charge in [0.2, 0.25) is 0 Å². The van der Waals surface area contributed by atoms with Crippen molar-refractivity contribution >= 4 is 23.6 Å². The highest BCUT2D eigenvalue weighted by atomic mass is 16.5. The van der Waals surface area contributed by atoms with E-state index in [4.69, 9.17) is 4.74 Å². The fourth-order valence-electron chi connectivity index (χ4n) is 2.90. The van der Waals surface area contributed by atoms with Crippen molar-refractivity contribution in [1.82, 2.24) is 15.0 Å². The summed E-state index contributed by atoms with van der Waals surface area (Å²) in [4.78, 5) is 41.5. The van der Waals surface area contributed by atoms with Gasteiger partial charge in [-0.25, -0.2) is 19.6 Å². The zero-order valence-electron chi connectivity index (χ0n) is 15.8. The van der Waals surface area contributed by atoms with E-state index < -0.39 is 12.0 Å². The molecule has 1 aromatic heterocycles. The molecule has 8 nitrogen and oxygen atoms in total. The molecule has 3 amide bonds. The van der Waals surface area contributed by atoms with Crippen molar-refractivity contribution in [3.63, 3.8) is 0 Å². The van der Waals surface area contributed by atoms with Gasteiger partial charge in [0.1, 0.15) is 0 Å². The van der Waals surface area contributed by atoms with E-state index in [1.54, 1.807) is 43.3 Å². The average Bonchev–Trinajstić information content (AvgIpc) is 3.18. The van der Waals surface area contributed by atoms with E-state index in [1.807, 2.05) is 6.92 Å². The van der Waals surface area contributed by atoms with Crippen molar-refractivity contribution in [2.75, 3.05) is 25.0 Å². The third-order valence-electron chi connectivity index (χ3n) is 4.28. The minimum atomic E-state index is -0.455. The van der Waals surface area contributed by atoms with Crippen molar-refractivity contribution in [2.24, 2.45) is 0 Å². The minimum absolute atomic E-state index is 0.272. The lowest BCUT2D eigenvalue weighted by atomic mass is 10.2. The van der Waals surface area contributed by atoms with E-state index in [1.165, 1.54) is 16.2 Å². The van der Waals surface area contributed by atoms with Gasteiger partial charge in [-0.05, 0) is 50.6 Å². The SMILES string of the molecule is CCOC(=O)c1cccc(NC(=O)N2CCCN2C(=O)c2ccc(C)nc2)c1. The molecule has 0 bridgehead atoms. The summed E-state index contributed by atoms with van der Waals surface area (Å²) in [5.41, 5.74) is 2.04. The Balaban J connectivity index is 1.71. The fraction of sp³-hybridized carbons (Fsp3) is 0.300. The first-order valence-electron chi connectivity index (χ1n) is 9.09. The predicted octanol–water partition coefficient (Wildman–Crippen LogP) is 2.86. The van der Waals surface area contributed by atoms with Crippen LogP contribution in [0.1, 0.15) is 39.8 Å². The summed E-state index contributed by atoms with van der Waals surface area (Å²) in [5.74, 6) is -0.733. The molecule has 0 unspecified atom stereocenters. The Kier molecular flexibility index (Phi) is 5.88. The van der Waals surface area contributed by atoms with Crippen LogP contribution in [0.15, 0.2) is 42.6 Å². The number of pyridine rings is 1. The number of anilines is 1. The second-order valence-electron chi connectivity index (χ2n) is 6.32. The van der Waals surface area contributed by atoms with Crippen LogP contribution in [0.3, 0.4) is 0 Å². The molecule has 2 heterocycles. The van der Waals surface area contributed by atoms with Gasteiger partial charge < -0.3 is 10.1 Å². The number of aryl methyl sites for hydroxylation is 1. The summed E-state index contributed by atoms with van der Waals surface area (Å²) in [6, 6.07) is 9.51. The van der Waals surface area contributed by atoms with Gasteiger partial charge in [-0.3, -0.25) is 9.78 Å². The minimum Gasteiger partial charge on any atom is -0.462 e. The maximum atomic E-state index is 12.7. The number of nitrogens with zero attached hydrogens (tertiary/aromatic N) is 3. The molecule has 1 aliphatic heterocycles. The molecule has 146 valence electrons. The lowest BCUT2D eigenvalue weighted by Gasteiger charge is -2.28. The van der Waals surface area contributed by atoms with Crippen molar-refractivity contribution in [3.05, 3.63) is 59.4 Å². The number of ether oxygens (including phenoxy) is 1. The van der Waals surface area contributed by atoms with Gasteiger partial charge in [0.25, 0.3) is 5.91 Å². The zero-order chi connectivity index (χ0) is 20.1. The van der Waals surface area contributed by atoms with Crippen molar-refractivity contribution < 1.29 is 19.1 Å². The zero-order valence-corrected chi connectivity index (χ0v) is 15.8. The van der Waals surface area contributed by atoms with E-state index >= 15 is 0 Å². The smallest absolute Gasteiger partial charge is 0.340 e. The lowest BCUT2D eigenvalue weighted by molar-refractivity contribution is 0.0404. The Hall–Kier alpha value is -3.42. The Morgan fingerprint density at radius 2 is 1.89 bits per heavy atom. The van der Waals surface area contributed by atoms with Crippen LogP contribution in [0.5, 0.6) is 0 Å². The van der Waals surface area contributed by atoms with Gasteiger partial charge in [-0.2, -0.15) is 0 Å². The summed E-state index contributed by atoms with van der Waals surface area (Å²) in [6.07, 6.45) is 2.19. The predicted molar refractivity (Wildman–Crippen MR) is 103 cm³/mol. The number of rotatable bonds is 4. The summed E-state index contributed by atoms with van der Waals surface area (Å²) < 4.78 is 4.97. The summed E-state index contributed by atoms with van der Waals surface area (Å²) in [7, 11) is 0. The molecule has 1 aromatic carbocycles. The molecular weight excluding hydrogens is 360 g/mol. The number of urea groups is 1. The third kappa shape index (κ3) is 4.28. The second-order valence-corrected chi connectivity index (χ2v) is 6.32. The fourth-order valence-corrected chi connectivity index (χ4v) is 2.90. The third-order valence-corrected chi connectivity index (χ3v) is 4.28. The number of amides is 3. The van der Waals surface area contributed by atoms with Crippen LogP contribution < -0.4 is 5.32 Å². The molecule has 1 N–H and O–H groups in total. The molecule has 28 heavy (non-hydrogen) atoms. The highest BCUT2D eigenvalue weighted by molar-refractivity contribution is 5.98. The van der Waals surface area contributed by atoms with Gasteiger partial charge in [-0.1, -0.05) is 6.07 Å². The molecule has 8 heteroatoms. The van der Waals surface area contributed by atoms with E-state index in [-0.39, 0.29) is 12.5 Å². The number of hydrogen-bond acceptors (Lipinski definition) is 5. The molecule has 2 aromatic rings. The molecule has 1 fully saturated rings. The van der Waals surface area contributed by atoms with Crippen LogP contribution in [-0.2, 0) is 4.74 Å². The monoisotopic (exact) mass is 382 g/mol. The maximum absolute atomic E-state index is 12.7. The van der Waals surface area contributed by atoms with Crippen LogP contribution in [0.4, 0.5) is 10.5 Å². The second kappa shape index (κ2) is 8.51. The number of hydrogen-bond donors (Lipinski definition) is 1. The number of esters is 1. The quantitative estimate of drug-likeness (QED) is 0.821. The molecule has 1 aliphatic rings. The summed E-state index contributed by atoms with van der Waals surface area (Å²) in [5, 5.41) is 5.52. The molecular formula is C20H22N4O4. The van der Waals surface area contributed by atoms with E-state index in [2.05, 4.69) is 10.3 Å². The van der Waals surface area contributed by atoms with Gasteiger partial charge in [-0.15, -0.1) is 0 Å². The van der Waals surface area contributed by atoms with Crippen molar-refractivity contribution in [3.8, 4) is 0 Å². The average molecular weight is 382 g/mol. The lowest BCUT2D eigenvalue weighted by Crippen LogP contribution is -2.46. The van der Waals surface area contributed by atoms with Crippen molar-refractivity contribution in [2.45, 2.75) is 20.3 Å². The standard InChI is InChI=1S/C20H22N4O4/c1-3-28-19(26)15-6-4-7-17(12-15)22-20(27)24-11-5-10-23(24)18(25)16-9-8-14(2)21-13-16/h4,6-9,12-13H,3,5,10-11H2,1-2H3,(H,22,27). The first-order chi connectivity index (χ1) is 13.5. The number of nitrogens with one attached hydrogen (secondary N) is 1. The first-order valence-corrected chi connectivity index (χ1v) is 9.09. The van der Waals surface area contributed by atoms with Gasteiger partial charge in [0.05, 0.1) is 17.7 Å². The van der Waals surface area contributed by atoms with Gasteiger partial charge >= 0.3 is 12.0 Å². The highest BCUT2D eigenvalue weighted by Gasteiger charge is 2.31. The topological polar surface area (TPSA) is 91.8 Å².